The van der Waals surface area contributed by atoms with Crippen LogP contribution in [0.5, 0.6) is 0 Å². The van der Waals surface area contributed by atoms with E-state index < -0.39 is 0 Å². The summed E-state index contributed by atoms with van der Waals surface area (Å²) >= 11 is 0. The van der Waals surface area contributed by atoms with Crippen molar-refractivity contribution < 1.29 is 9.53 Å². The summed E-state index contributed by atoms with van der Waals surface area (Å²) in [5, 5.41) is 3.46. The van der Waals surface area contributed by atoms with Gasteiger partial charge in [-0.25, -0.2) is 4.79 Å². The number of hydrogen-bond acceptors (Lipinski definition) is 3. The Labute approximate surface area is 133 Å². The second-order valence-electron chi connectivity index (χ2n) is 5.77. The van der Waals surface area contributed by atoms with Gasteiger partial charge in [0.15, 0.2) is 0 Å². The third kappa shape index (κ3) is 5.94. The van der Waals surface area contributed by atoms with Gasteiger partial charge in [-0.3, -0.25) is 0 Å². The summed E-state index contributed by atoms with van der Waals surface area (Å²) in [7, 11) is 0. The first-order valence-electron chi connectivity index (χ1n) is 7.34. The van der Waals surface area contributed by atoms with E-state index in [1.165, 1.54) is 0 Å². The minimum atomic E-state index is -0.205. The van der Waals surface area contributed by atoms with Crippen molar-refractivity contribution in [3.63, 3.8) is 0 Å². The lowest BCUT2D eigenvalue weighted by molar-refractivity contribution is 0.0831. The van der Waals surface area contributed by atoms with Gasteiger partial charge < -0.3 is 15.0 Å². The first-order valence-corrected chi connectivity index (χ1v) is 7.34. The van der Waals surface area contributed by atoms with Gasteiger partial charge in [-0.1, -0.05) is 44.2 Å². The zero-order chi connectivity index (χ0) is 14.4. The van der Waals surface area contributed by atoms with Crippen LogP contribution >= 0.6 is 12.4 Å². The smallest absolute Gasteiger partial charge is 0.410 e. The molecule has 5 heteroatoms. The van der Waals surface area contributed by atoms with Crippen LogP contribution in [0.3, 0.4) is 0 Å². The first kappa shape index (κ1) is 17.8. The number of amides is 1. The standard InChI is InChI=1S/C16H24N2O2.ClH/c1-13(2)10-15-11-18(9-8-17-15)16(19)20-12-14-6-4-3-5-7-14;/h3-7,13,15,17H,8-12H2,1-2H3;1H/t15-;/m1./s1. The van der Waals surface area contributed by atoms with Gasteiger partial charge in [-0.15, -0.1) is 12.4 Å². The van der Waals surface area contributed by atoms with Gasteiger partial charge in [0, 0.05) is 25.7 Å². The summed E-state index contributed by atoms with van der Waals surface area (Å²) in [6, 6.07) is 10.2. The molecule has 1 aromatic carbocycles. The fourth-order valence-corrected chi connectivity index (χ4v) is 2.53. The van der Waals surface area contributed by atoms with Crippen LogP contribution in [0.4, 0.5) is 4.79 Å². The molecule has 21 heavy (non-hydrogen) atoms. The summed E-state index contributed by atoms with van der Waals surface area (Å²) in [6.45, 7) is 7.06. The maximum absolute atomic E-state index is 12.1. The molecular weight excluding hydrogens is 288 g/mol. The number of piperazine rings is 1. The molecule has 0 spiro atoms. The molecule has 1 heterocycles. The number of rotatable bonds is 4. The van der Waals surface area contributed by atoms with Crippen LogP contribution in [0, 0.1) is 5.92 Å². The maximum Gasteiger partial charge on any atom is 0.410 e. The van der Waals surface area contributed by atoms with E-state index in [-0.39, 0.29) is 18.5 Å². The Morgan fingerprint density at radius 2 is 2.10 bits per heavy atom. The van der Waals surface area contributed by atoms with Gasteiger partial charge in [0.1, 0.15) is 6.61 Å². The maximum atomic E-state index is 12.1. The molecule has 118 valence electrons. The highest BCUT2D eigenvalue weighted by molar-refractivity contribution is 5.85. The predicted octanol–water partition coefficient (Wildman–Crippen LogP) is 3.06. The van der Waals surface area contributed by atoms with Crippen molar-refractivity contribution in [2.24, 2.45) is 5.92 Å². The van der Waals surface area contributed by atoms with E-state index in [0.717, 1.165) is 31.6 Å². The fourth-order valence-electron chi connectivity index (χ4n) is 2.53. The lowest BCUT2D eigenvalue weighted by Gasteiger charge is -2.33. The van der Waals surface area contributed by atoms with Gasteiger partial charge in [-0.2, -0.15) is 0 Å². The Kier molecular flexibility index (Phi) is 7.54. The summed E-state index contributed by atoms with van der Waals surface area (Å²) in [5.74, 6) is 0.632. The molecule has 1 fully saturated rings. The van der Waals surface area contributed by atoms with Crippen LogP contribution in [-0.2, 0) is 11.3 Å². The molecule has 1 saturated heterocycles. The molecule has 2 rings (SSSR count). The number of ether oxygens (including phenoxy) is 1. The van der Waals surface area contributed by atoms with Crippen molar-refractivity contribution in [2.45, 2.75) is 32.9 Å². The number of nitrogens with zero attached hydrogens (tertiary/aromatic N) is 1. The van der Waals surface area contributed by atoms with Crippen molar-refractivity contribution >= 4 is 18.5 Å². The molecule has 1 aromatic rings. The van der Waals surface area contributed by atoms with Gasteiger partial charge in [-0.05, 0) is 17.9 Å². The van der Waals surface area contributed by atoms with Gasteiger partial charge in [0.05, 0.1) is 0 Å². The highest BCUT2D eigenvalue weighted by atomic mass is 35.5. The normalized spacial score (nSPS) is 18.2. The topological polar surface area (TPSA) is 41.6 Å². The van der Waals surface area contributed by atoms with Gasteiger partial charge >= 0.3 is 6.09 Å². The Balaban J connectivity index is 0.00000220. The monoisotopic (exact) mass is 312 g/mol. The van der Waals surface area contributed by atoms with Gasteiger partial charge in [0.25, 0.3) is 0 Å². The third-order valence-corrected chi connectivity index (χ3v) is 3.47. The summed E-state index contributed by atoms with van der Waals surface area (Å²) in [4.78, 5) is 13.9. The molecule has 1 atom stereocenters. The highest BCUT2D eigenvalue weighted by Crippen LogP contribution is 2.11. The largest absolute Gasteiger partial charge is 0.445 e. The first-order chi connectivity index (χ1) is 9.65. The Morgan fingerprint density at radius 1 is 1.38 bits per heavy atom. The number of carbonyl (C=O) groups excluding carboxylic acids is 1. The SMILES string of the molecule is CC(C)C[C@@H]1CN(C(=O)OCc2ccccc2)CCN1.Cl. The third-order valence-electron chi connectivity index (χ3n) is 3.47. The second-order valence-corrected chi connectivity index (χ2v) is 5.77. The van der Waals surface area contributed by atoms with E-state index in [1.807, 2.05) is 35.2 Å². The van der Waals surface area contributed by atoms with E-state index in [9.17, 15) is 4.79 Å². The molecule has 1 N–H and O–H groups in total. The molecule has 0 unspecified atom stereocenters. The minimum Gasteiger partial charge on any atom is -0.445 e. The fraction of sp³-hybridized carbons (Fsp3) is 0.562. The molecule has 0 radical (unpaired) electrons. The van der Waals surface area contributed by atoms with E-state index in [2.05, 4.69) is 19.2 Å². The number of hydrogen-bond donors (Lipinski definition) is 1. The van der Waals surface area contributed by atoms with Crippen LogP contribution in [0.2, 0.25) is 0 Å². The molecule has 1 aliphatic heterocycles. The molecule has 0 bridgehead atoms. The lowest BCUT2D eigenvalue weighted by atomic mass is 10.0. The molecular formula is C16H25ClN2O2. The van der Waals surface area contributed by atoms with Crippen LogP contribution < -0.4 is 5.32 Å². The molecule has 0 saturated carbocycles. The zero-order valence-electron chi connectivity index (χ0n) is 12.7. The van der Waals surface area contributed by atoms with Crippen molar-refractivity contribution in [1.82, 2.24) is 10.2 Å². The second kappa shape index (κ2) is 8.90. The zero-order valence-corrected chi connectivity index (χ0v) is 13.6. The van der Waals surface area contributed by atoms with E-state index in [0.29, 0.717) is 18.6 Å². The predicted molar refractivity (Wildman–Crippen MR) is 86.7 cm³/mol. The number of benzene rings is 1. The number of carbonyl (C=O) groups is 1. The minimum absolute atomic E-state index is 0. The van der Waals surface area contributed by atoms with E-state index in [4.69, 9.17) is 4.74 Å². The molecule has 0 aliphatic carbocycles. The molecule has 0 aromatic heterocycles. The van der Waals surface area contributed by atoms with Crippen LogP contribution in [0.15, 0.2) is 30.3 Å². The van der Waals surface area contributed by atoms with E-state index in [1.54, 1.807) is 0 Å². The summed E-state index contributed by atoms with van der Waals surface area (Å²) < 4.78 is 5.38. The highest BCUT2D eigenvalue weighted by Gasteiger charge is 2.24. The van der Waals surface area contributed by atoms with Gasteiger partial charge in [0.2, 0.25) is 0 Å². The molecule has 1 aliphatic rings. The Morgan fingerprint density at radius 3 is 2.76 bits per heavy atom. The van der Waals surface area contributed by atoms with Crippen LogP contribution in [-0.4, -0.2) is 36.7 Å². The van der Waals surface area contributed by atoms with Crippen LogP contribution in [0.25, 0.3) is 0 Å². The van der Waals surface area contributed by atoms with E-state index >= 15 is 0 Å². The van der Waals surface area contributed by atoms with Crippen molar-refractivity contribution in [2.75, 3.05) is 19.6 Å². The Hall–Kier alpha value is -1.26. The van der Waals surface area contributed by atoms with Crippen LogP contribution in [0.1, 0.15) is 25.8 Å². The van der Waals surface area contributed by atoms with Crippen molar-refractivity contribution in [3.05, 3.63) is 35.9 Å². The quantitative estimate of drug-likeness (QED) is 0.929. The summed E-state index contributed by atoms with van der Waals surface area (Å²) in [6.07, 6.45) is 0.881. The average molecular weight is 313 g/mol. The molecule has 4 nitrogen and oxygen atoms in total. The van der Waals surface area contributed by atoms with Crippen molar-refractivity contribution in [3.8, 4) is 0 Å². The molecule has 1 amide bonds. The van der Waals surface area contributed by atoms with Crippen molar-refractivity contribution in [1.29, 1.82) is 0 Å². The average Bonchev–Trinajstić information content (AvgIpc) is 2.45. The summed E-state index contributed by atoms with van der Waals surface area (Å²) in [5.41, 5.74) is 1.02. The lowest BCUT2D eigenvalue weighted by Crippen LogP contribution is -2.53. The Bertz CT molecular complexity index is 426. The number of nitrogens with one attached hydrogen (secondary N) is 1. The number of halogens is 1.